The van der Waals surface area contributed by atoms with Crippen molar-refractivity contribution in [2.24, 2.45) is 16.5 Å². The van der Waals surface area contributed by atoms with Crippen LogP contribution in [0.1, 0.15) is 15.9 Å². The van der Waals surface area contributed by atoms with Crippen LogP contribution in [0.2, 0.25) is 0 Å². The zero-order chi connectivity index (χ0) is 21.1. The van der Waals surface area contributed by atoms with E-state index in [2.05, 4.69) is 20.6 Å². The first-order valence-electron chi connectivity index (χ1n) is 8.91. The second-order valence-corrected chi connectivity index (χ2v) is 7.43. The summed E-state index contributed by atoms with van der Waals surface area (Å²) in [7, 11) is 0. The molecule has 12 nitrogen and oxygen atoms in total. The Kier molecular flexibility index (Phi) is 3.96. The quantitative estimate of drug-likeness (QED) is 0.227. The van der Waals surface area contributed by atoms with Crippen LogP contribution in [-0.2, 0) is 4.79 Å². The summed E-state index contributed by atoms with van der Waals surface area (Å²) < 4.78 is 0. The average molecular weight is 404 g/mol. The number of aliphatic hydroxyl groups is 2. The van der Waals surface area contributed by atoms with E-state index >= 15 is 0 Å². The van der Waals surface area contributed by atoms with Crippen LogP contribution < -0.4 is 27.1 Å². The molecule has 4 rings (SSSR count). The SMILES string of the molecule is Cc1cccc(C(=O)N[C@H]2CN3C(N)=N[C@@H](C(=O)O)[C@@H]4[NH+]=C(N)N[C@@]43C2(O)O)c1. The van der Waals surface area contributed by atoms with E-state index in [-0.39, 0.29) is 18.5 Å². The predicted molar refractivity (Wildman–Crippen MR) is 99.2 cm³/mol. The van der Waals surface area contributed by atoms with Gasteiger partial charge in [-0.15, -0.1) is 0 Å². The summed E-state index contributed by atoms with van der Waals surface area (Å²) in [6.45, 7) is 1.69. The number of carboxylic acids is 1. The number of nitrogens with one attached hydrogen (secondary N) is 3. The molecule has 0 radical (unpaired) electrons. The van der Waals surface area contributed by atoms with Gasteiger partial charge in [0, 0.05) is 5.56 Å². The van der Waals surface area contributed by atoms with Gasteiger partial charge in [0.15, 0.2) is 18.0 Å². The van der Waals surface area contributed by atoms with Crippen LogP contribution >= 0.6 is 0 Å². The third kappa shape index (κ3) is 2.53. The number of hydrogen-bond acceptors (Lipinski definition) is 9. The molecular weight excluding hydrogens is 382 g/mol. The van der Waals surface area contributed by atoms with E-state index in [4.69, 9.17) is 11.5 Å². The van der Waals surface area contributed by atoms with Gasteiger partial charge >= 0.3 is 11.9 Å². The molecule has 0 bridgehead atoms. The van der Waals surface area contributed by atoms with E-state index in [0.717, 1.165) is 5.56 Å². The summed E-state index contributed by atoms with van der Waals surface area (Å²) in [4.78, 5) is 32.3. The molecule has 10 N–H and O–H groups in total. The van der Waals surface area contributed by atoms with Crippen LogP contribution in [0.15, 0.2) is 29.3 Å². The lowest BCUT2D eigenvalue weighted by molar-refractivity contribution is -0.519. The topological polar surface area (TPSA) is 200 Å². The summed E-state index contributed by atoms with van der Waals surface area (Å²) in [5.41, 5.74) is 11.1. The van der Waals surface area contributed by atoms with Crippen molar-refractivity contribution < 1.29 is 29.9 Å². The van der Waals surface area contributed by atoms with Crippen LogP contribution in [0.4, 0.5) is 0 Å². The normalized spacial score (nSPS) is 31.8. The highest BCUT2D eigenvalue weighted by Crippen LogP contribution is 2.41. The summed E-state index contributed by atoms with van der Waals surface area (Å²) >= 11 is 0. The van der Waals surface area contributed by atoms with Crippen molar-refractivity contribution in [2.75, 3.05) is 6.54 Å². The van der Waals surface area contributed by atoms with E-state index in [1.807, 2.05) is 13.0 Å². The molecule has 3 heterocycles. The van der Waals surface area contributed by atoms with Gasteiger partial charge in [0.25, 0.3) is 11.6 Å². The van der Waals surface area contributed by atoms with Crippen molar-refractivity contribution in [1.29, 1.82) is 0 Å². The van der Waals surface area contributed by atoms with Crippen molar-refractivity contribution in [3.63, 3.8) is 0 Å². The number of hydrogen-bond donors (Lipinski definition) is 8. The Bertz CT molecular complexity index is 961. The van der Waals surface area contributed by atoms with Gasteiger partial charge in [-0.2, -0.15) is 0 Å². The molecule has 0 aromatic heterocycles. The molecule has 1 fully saturated rings. The van der Waals surface area contributed by atoms with Gasteiger partial charge in [-0.05, 0) is 19.1 Å². The number of carboxylic acid groups (broad SMARTS) is 1. The fourth-order valence-corrected chi connectivity index (χ4v) is 4.31. The average Bonchev–Trinajstić information content (AvgIpc) is 3.10. The van der Waals surface area contributed by atoms with Gasteiger partial charge in [-0.1, -0.05) is 17.7 Å². The van der Waals surface area contributed by atoms with Crippen LogP contribution in [0, 0.1) is 6.92 Å². The number of nitrogens with two attached hydrogens (primary N) is 2. The van der Waals surface area contributed by atoms with Gasteiger partial charge in [0.2, 0.25) is 5.79 Å². The minimum atomic E-state index is -2.64. The minimum absolute atomic E-state index is 0.0608. The summed E-state index contributed by atoms with van der Waals surface area (Å²) in [5, 5.41) is 37.1. The highest BCUT2D eigenvalue weighted by Gasteiger charge is 2.77. The molecule has 1 aromatic carbocycles. The highest BCUT2D eigenvalue weighted by atomic mass is 16.5. The molecule has 0 aliphatic carbocycles. The number of rotatable bonds is 3. The van der Waals surface area contributed by atoms with Crippen molar-refractivity contribution in [1.82, 2.24) is 15.5 Å². The number of nitrogens with zero attached hydrogens (tertiary/aromatic N) is 2. The number of carbonyl (C=O) groups is 2. The molecule has 12 heteroatoms. The number of aliphatic carboxylic acids is 1. The minimum Gasteiger partial charge on any atom is -0.480 e. The number of amides is 1. The number of benzene rings is 1. The molecule has 1 amide bonds. The zero-order valence-electron chi connectivity index (χ0n) is 15.5. The van der Waals surface area contributed by atoms with Crippen LogP contribution in [-0.4, -0.2) is 80.1 Å². The lowest BCUT2D eigenvalue weighted by Gasteiger charge is -2.45. The Morgan fingerprint density at radius 2 is 2.10 bits per heavy atom. The molecule has 0 unspecified atom stereocenters. The lowest BCUT2D eigenvalue weighted by Crippen LogP contribution is -2.90. The summed E-state index contributed by atoms with van der Waals surface area (Å²) in [6.07, 6.45) is 0. The molecule has 1 spiro atoms. The predicted octanol–water partition coefficient (Wildman–Crippen LogP) is -5.07. The number of carbonyl (C=O) groups excluding carboxylic acids is 1. The fourth-order valence-electron chi connectivity index (χ4n) is 4.31. The maximum absolute atomic E-state index is 12.7. The smallest absolute Gasteiger partial charge is 0.343 e. The van der Waals surface area contributed by atoms with Crippen molar-refractivity contribution in [3.05, 3.63) is 35.4 Å². The molecular formula is C17H22N7O5+. The largest absolute Gasteiger partial charge is 0.480 e. The fraction of sp³-hybridized carbons (Fsp3) is 0.412. The van der Waals surface area contributed by atoms with Crippen LogP contribution in [0.5, 0.6) is 0 Å². The van der Waals surface area contributed by atoms with Crippen molar-refractivity contribution in [3.8, 4) is 0 Å². The Morgan fingerprint density at radius 3 is 2.76 bits per heavy atom. The monoisotopic (exact) mass is 404 g/mol. The Balaban J connectivity index is 1.71. The molecule has 3 aliphatic rings. The van der Waals surface area contributed by atoms with Gasteiger partial charge in [-0.3, -0.25) is 20.4 Å². The summed E-state index contributed by atoms with van der Waals surface area (Å²) in [6, 6.07) is 3.00. The lowest BCUT2D eigenvalue weighted by atomic mass is 9.85. The maximum Gasteiger partial charge on any atom is 0.343 e. The van der Waals surface area contributed by atoms with Crippen LogP contribution in [0.25, 0.3) is 0 Å². The standard InChI is InChI=1S/C17H21N7O5/c1-7-3-2-4-8(5-7)12(25)20-9-6-24-15(19)21-10(13(26)27)11-16(24,17(9,28)29)23-14(18)22-11/h2-5,9-11,28-29H,6H2,1H3,(H2,19,21)(H,20,25)(H,26,27)(H3,18,22,23)/p+1/t9-,10+,11-,16-/m0/s1. The van der Waals surface area contributed by atoms with Gasteiger partial charge in [-0.25, -0.2) is 15.1 Å². The zero-order valence-corrected chi connectivity index (χ0v) is 15.5. The number of guanidine groups is 2. The molecule has 0 saturated carbocycles. The Labute approximate surface area is 164 Å². The van der Waals surface area contributed by atoms with E-state index in [1.165, 1.54) is 4.90 Å². The molecule has 1 saturated heterocycles. The van der Waals surface area contributed by atoms with Gasteiger partial charge in [0.05, 0.1) is 6.54 Å². The second-order valence-electron chi connectivity index (χ2n) is 7.43. The van der Waals surface area contributed by atoms with Gasteiger partial charge in [0.1, 0.15) is 6.04 Å². The van der Waals surface area contributed by atoms with E-state index in [0.29, 0.717) is 5.56 Å². The second kappa shape index (κ2) is 6.06. The third-order valence-corrected chi connectivity index (χ3v) is 5.63. The molecule has 1 aromatic rings. The first-order valence-corrected chi connectivity index (χ1v) is 8.91. The van der Waals surface area contributed by atoms with E-state index in [9.17, 15) is 24.9 Å². The van der Waals surface area contributed by atoms with E-state index < -0.39 is 41.5 Å². The molecule has 3 aliphatic heterocycles. The Morgan fingerprint density at radius 1 is 1.38 bits per heavy atom. The van der Waals surface area contributed by atoms with Crippen molar-refractivity contribution >= 4 is 23.8 Å². The van der Waals surface area contributed by atoms with E-state index in [1.54, 1.807) is 18.2 Å². The Hall–Kier alpha value is -3.38. The van der Waals surface area contributed by atoms with Crippen molar-refractivity contribution in [2.45, 2.75) is 36.5 Å². The third-order valence-electron chi connectivity index (χ3n) is 5.63. The first-order chi connectivity index (χ1) is 13.6. The maximum atomic E-state index is 12.7. The number of aryl methyl sites for hydroxylation is 1. The molecule has 29 heavy (non-hydrogen) atoms. The van der Waals surface area contributed by atoms with Gasteiger partial charge < -0.3 is 26.4 Å². The highest BCUT2D eigenvalue weighted by molar-refractivity contribution is 5.95. The molecule has 4 atom stereocenters. The summed E-state index contributed by atoms with van der Waals surface area (Å²) in [5.74, 6) is -4.75. The first kappa shape index (κ1) is 19.0. The molecule has 154 valence electrons. The van der Waals surface area contributed by atoms with Crippen LogP contribution in [0.3, 0.4) is 0 Å². The number of aliphatic imine (C=N–C) groups is 1.